The first kappa shape index (κ1) is 15.4. The molecule has 0 saturated heterocycles. The van der Waals surface area contributed by atoms with Gasteiger partial charge in [-0.2, -0.15) is 0 Å². The van der Waals surface area contributed by atoms with Gasteiger partial charge in [0, 0.05) is 5.02 Å². The van der Waals surface area contributed by atoms with E-state index < -0.39 is 0 Å². The topological polar surface area (TPSA) is 38.0 Å². The maximum absolute atomic E-state index is 13.6. The molecule has 0 aromatic heterocycles. The van der Waals surface area contributed by atoms with Gasteiger partial charge < -0.3 is 0 Å². The average molecular weight is 358 g/mol. The molecule has 1 atom stereocenters. The number of benzene rings is 2. The lowest BCUT2D eigenvalue weighted by molar-refractivity contribution is 0.546. The van der Waals surface area contributed by atoms with Crippen molar-refractivity contribution in [1.82, 2.24) is 5.43 Å². The van der Waals surface area contributed by atoms with Crippen molar-refractivity contribution in [3.8, 4) is 0 Å². The number of aryl methyl sites for hydroxylation is 1. The predicted octanol–water partition coefficient (Wildman–Crippen LogP) is 4.30. The lowest BCUT2D eigenvalue weighted by Gasteiger charge is -2.19. The molecule has 3 N–H and O–H groups in total. The van der Waals surface area contributed by atoms with Gasteiger partial charge in [-0.25, -0.2) is 4.39 Å². The molecule has 2 rings (SSSR count). The molecule has 0 aliphatic rings. The Hall–Kier alpha value is -0.940. The van der Waals surface area contributed by atoms with Crippen molar-refractivity contribution < 1.29 is 4.39 Å². The van der Waals surface area contributed by atoms with E-state index in [4.69, 9.17) is 17.4 Å². The van der Waals surface area contributed by atoms with Gasteiger partial charge in [0.25, 0.3) is 0 Å². The summed E-state index contributed by atoms with van der Waals surface area (Å²) in [6.45, 7) is 1.94. The molecular weight excluding hydrogens is 343 g/mol. The van der Waals surface area contributed by atoms with Crippen LogP contribution < -0.4 is 11.3 Å². The highest BCUT2D eigenvalue weighted by molar-refractivity contribution is 9.10. The molecule has 5 heteroatoms. The van der Waals surface area contributed by atoms with Crippen molar-refractivity contribution in [2.75, 3.05) is 0 Å². The second-order valence-electron chi connectivity index (χ2n) is 4.61. The second kappa shape index (κ2) is 6.68. The fourth-order valence-corrected chi connectivity index (χ4v) is 2.81. The Kier molecular flexibility index (Phi) is 5.16. The van der Waals surface area contributed by atoms with E-state index in [1.165, 1.54) is 6.07 Å². The molecule has 0 spiro atoms. The minimum Gasteiger partial charge on any atom is -0.271 e. The number of hydrogen-bond donors (Lipinski definition) is 2. The number of hydrogen-bond acceptors (Lipinski definition) is 2. The molecule has 2 aromatic rings. The summed E-state index contributed by atoms with van der Waals surface area (Å²) in [6.07, 6.45) is 0.540. The zero-order valence-electron chi connectivity index (χ0n) is 11.0. The highest BCUT2D eigenvalue weighted by Gasteiger charge is 2.17. The van der Waals surface area contributed by atoms with Crippen LogP contribution in [0.5, 0.6) is 0 Å². The fourth-order valence-electron chi connectivity index (χ4n) is 2.12. The number of rotatable bonds is 4. The van der Waals surface area contributed by atoms with Crippen LogP contribution in [0.4, 0.5) is 4.39 Å². The van der Waals surface area contributed by atoms with Gasteiger partial charge in [-0.05, 0) is 52.0 Å². The van der Waals surface area contributed by atoms with Gasteiger partial charge in [0.2, 0.25) is 0 Å². The molecule has 0 aliphatic heterocycles. The molecule has 0 aliphatic carbocycles. The third-order valence-corrected chi connectivity index (χ3v) is 4.66. The molecule has 1 unspecified atom stereocenters. The lowest BCUT2D eigenvalue weighted by Crippen LogP contribution is -2.30. The number of nitrogens with two attached hydrogens (primary N) is 1. The Balaban J connectivity index is 2.34. The van der Waals surface area contributed by atoms with E-state index in [-0.39, 0.29) is 11.9 Å². The van der Waals surface area contributed by atoms with Crippen molar-refractivity contribution >= 4 is 27.5 Å². The summed E-state index contributed by atoms with van der Waals surface area (Å²) in [5.74, 6) is 5.36. The summed E-state index contributed by atoms with van der Waals surface area (Å²) >= 11 is 9.59. The minimum atomic E-state index is -0.284. The standard InChI is InChI=1S/C15H15BrClFN2/c1-9-4-2-6-11(15(9)17)13(20-19)8-10-5-3-7-12(18)14(10)16/h2-7,13,20H,8,19H2,1H3. The Labute approximate surface area is 131 Å². The number of hydrazine groups is 1. The molecule has 2 aromatic carbocycles. The van der Waals surface area contributed by atoms with E-state index in [2.05, 4.69) is 21.4 Å². The summed E-state index contributed by atoms with van der Waals surface area (Å²) in [5, 5.41) is 0.683. The number of nitrogens with one attached hydrogen (secondary N) is 1. The third-order valence-electron chi connectivity index (χ3n) is 3.25. The highest BCUT2D eigenvalue weighted by Crippen LogP contribution is 2.30. The molecular formula is C15H15BrClFN2. The Morgan fingerprint density at radius 2 is 2.00 bits per heavy atom. The van der Waals surface area contributed by atoms with E-state index in [9.17, 15) is 4.39 Å². The van der Waals surface area contributed by atoms with Crippen molar-refractivity contribution in [3.05, 3.63) is 68.4 Å². The van der Waals surface area contributed by atoms with Crippen molar-refractivity contribution in [2.45, 2.75) is 19.4 Å². The van der Waals surface area contributed by atoms with Gasteiger partial charge in [-0.3, -0.25) is 11.3 Å². The quantitative estimate of drug-likeness (QED) is 0.632. The van der Waals surface area contributed by atoms with Crippen LogP contribution in [0.3, 0.4) is 0 Å². The minimum absolute atomic E-state index is 0.180. The molecule has 0 fully saturated rings. The SMILES string of the molecule is Cc1cccc(C(Cc2cccc(F)c2Br)NN)c1Cl. The van der Waals surface area contributed by atoms with Crippen molar-refractivity contribution in [1.29, 1.82) is 0 Å². The van der Waals surface area contributed by atoms with Gasteiger partial charge in [0.15, 0.2) is 0 Å². The van der Waals surface area contributed by atoms with E-state index in [1.807, 2.05) is 31.2 Å². The molecule has 20 heavy (non-hydrogen) atoms. The third kappa shape index (κ3) is 3.20. The highest BCUT2D eigenvalue weighted by atomic mass is 79.9. The van der Waals surface area contributed by atoms with E-state index in [0.717, 1.165) is 16.7 Å². The summed E-state index contributed by atoms with van der Waals surface area (Å²) in [4.78, 5) is 0. The van der Waals surface area contributed by atoms with Gasteiger partial charge in [-0.15, -0.1) is 0 Å². The summed E-state index contributed by atoms with van der Waals surface area (Å²) < 4.78 is 14.0. The monoisotopic (exact) mass is 356 g/mol. The van der Waals surface area contributed by atoms with Crippen LogP contribution in [0.2, 0.25) is 5.02 Å². The molecule has 0 amide bonds. The molecule has 2 nitrogen and oxygen atoms in total. The largest absolute Gasteiger partial charge is 0.271 e. The zero-order valence-corrected chi connectivity index (χ0v) is 13.3. The first-order valence-electron chi connectivity index (χ1n) is 6.18. The van der Waals surface area contributed by atoms with E-state index >= 15 is 0 Å². The Morgan fingerprint density at radius 3 is 2.70 bits per heavy atom. The van der Waals surface area contributed by atoms with Crippen molar-refractivity contribution in [3.63, 3.8) is 0 Å². The van der Waals surface area contributed by atoms with Crippen LogP contribution in [-0.4, -0.2) is 0 Å². The molecule has 0 radical (unpaired) electrons. The average Bonchev–Trinajstić information content (AvgIpc) is 2.44. The molecule has 106 valence electrons. The summed E-state index contributed by atoms with van der Waals surface area (Å²) in [7, 11) is 0. The Morgan fingerprint density at radius 1 is 1.30 bits per heavy atom. The number of halogens is 3. The summed E-state index contributed by atoms with van der Waals surface area (Å²) in [5.41, 5.74) is 5.49. The lowest BCUT2D eigenvalue weighted by atomic mass is 9.98. The van der Waals surface area contributed by atoms with Crippen LogP contribution in [0.25, 0.3) is 0 Å². The molecule has 0 saturated carbocycles. The smallest absolute Gasteiger partial charge is 0.137 e. The maximum Gasteiger partial charge on any atom is 0.137 e. The van der Waals surface area contributed by atoms with Gasteiger partial charge in [0.05, 0.1) is 10.5 Å². The van der Waals surface area contributed by atoms with Gasteiger partial charge in [-0.1, -0.05) is 41.9 Å². The van der Waals surface area contributed by atoms with Gasteiger partial charge >= 0.3 is 0 Å². The maximum atomic E-state index is 13.6. The van der Waals surface area contributed by atoms with Crippen LogP contribution >= 0.6 is 27.5 Å². The second-order valence-corrected chi connectivity index (χ2v) is 5.79. The van der Waals surface area contributed by atoms with Gasteiger partial charge in [0.1, 0.15) is 5.82 Å². The van der Waals surface area contributed by atoms with Crippen LogP contribution in [0, 0.1) is 12.7 Å². The normalized spacial score (nSPS) is 12.4. The van der Waals surface area contributed by atoms with E-state index in [0.29, 0.717) is 15.9 Å². The summed E-state index contributed by atoms with van der Waals surface area (Å²) in [6, 6.07) is 10.6. The predicted molar refractivity (Wildman–Crippen MR) is 84.1 cm³/mol. The Bertz CT molecular complexity index is 619. The fraction of sp³-hybridized carbons (Fsp3) is 0.200. The van der Waals surface area contributed by atoms with E-state index in [1.54, 1.807) is 6.07 Å². The van der Waals surface area contributed by atoms with Crippen LogP contribution in [-0.2, 0) is 6.42 Å². The van der Waals surface area contributed by atoms with Crippen LogP contribution in [0.15, 0.2) is 40.9 Å². The first-order chi connectivity index (χ1) is 9.54. The molecule has 0 bridgehead atoms. The zero-order chi connectivity index (χ0) is 14.7. The molecule has 0 heterocycles. The van der Waals surface area contributed by atoms with Crippen LogP contribution in [0.1, 0.15) is 22.7 Å². The first-order valence-corrected chi connectivity index (χ1v) is 7.35. The van der Waals surface area contributed by atoms with Crippen molar-refractivity contribution in [2.24, 2.45) is 5.84 Å².